The van der Waals surface area contributed by atoms with E-state index in [1.165, 1.54) is 6.07 Å². The topological polar surface area (TPSA) is 12.0 Å². The molecule has 1 N–H and O–H groups in total. The van der Waals surface area contributed by atoms with E-state index in [4.69, 9.17) is 0 Å². The maximum atomic E-state index is 13.4. The summed E-state index contributed by atoms with van der Waals surface area (Å²) in [4.78, 5) is 0. The molecule has 5 heteroatoms. The van der Waals surface area contributed by atoms with Crippen LogP contribution in [0.3, 0.4) is 0 Å². The minimum Gasteiger partial charge on any atom is -0.307 e. The maximum Gasteiger partial charge on any atom is 0.419 e. The Labute approximate surface area is 116 Å². The summed E-state index contributed by atoms with van der Waals surface area (Å²) in [6, 6.07) is 3.38. The second kappa shape index (κ2) is 5.72. The molecule has 2 rings (SSSR count). The first-order valence-corrected chi connectivity index (χ1v) is 7.01. The Kier molecular flexibility index (Phi) is 4.37. The van der Waals surface area contributed by atoms with Gasteiger partial charge in [-0.1, -0.05) is 25.8 Å². The fourth-order valence-corrected chi connectivity index (χ4v) is 2.94. The number of alkyl halides is 3. The van der Waals surface area contributed by atoms with Crippen molar-refractivity contribution in [2.45, 2.75) is 50.7 Å². The highest BCUT2D eigenvalue weighted by atomic mass is 19.4. The summed E-state index contributed by atoms with van der Waals surface area (Å²) in [6.45, 7) is 2.74. The Morgan fingerprint density at radius 2 is 1.95 bits per heavy atom. The van der Waals surface area contributed by atoms with E-state index in [-0.39, 0.29) is 0 Å². The highest BCUT2D eigenvalue weighted by Crippen LogP contribution is 2.38. The molecule has 20 heavy (non-hydrogen) atoms. The van der Waals surface area contributed by atoms with E-state index in [2.05, 4.69) is 5.32 Å². The van der Waals surface area contributed by atoms with Crippen LogP contribution in [0, 0.1) is 5.82 Å². The van der Waals surface area contributed by atoms with Crippen LogP contribution in [0.5, 0.6) is 0 Å². The molecule has 112 valence electrons. The van der Waals surface area contributed by atoms with Gasteiger partial charge in [-0.05, 0) is 43.5 Å². The molecule has 0 bridgehead atoms. The molecule has 0 amide bonds. The van der Waals surface area contributed by atoms with Crippen molar-refractivity contribution >= 4 is 0 Å². The first-order chi connectivity index (χ1) is 9.39. The molecule has 1 aromatic carbocycles. The largest absolute Gasteiger partial charge is 0.419 e. The number of hydrogen-bond acceptors (Lipinski definition) is 1. The fraction of sp³-hybridized carbons (Fsp3) is 0.600. The number of nitrogens with one attached hydrogen (secondary N) is 1. The lowest BCUT2D eigenvalue weighted by atomic mass is 9.82. The van der Waals surface area contributed by atoms with E-state index in [0.717, 1.165) is 44.4 Å². The zero-order valence-electron chi connectivity index (χ0n) is 11.5. The molecule has 0 spiro atoms. The molecule has 1 aliphatic rings. The molecule has 1 unspecified atom stereocenters. The standard InChI is InChI=1S/C15H19F4N/c1-2-14(8-4-3-5-9-20-14)11-6-7-13(16)12(10-11)15(17,18)19/h6-7,10,20H,2-5,8-9H2,1H3. The van der Waals surface area contributed by atoms with Crippen LogP contribution < -0.4 is 5.32 Å². The van der Waals surface area contributed by atoms with Crippen LogP contribution in [0.15, 0.2) is 18.2 Å². The predicted molar refractivity (Wildman–Crippen MR) is 69.8 cm³/mol. The highest BCUT2D eigenvalue weighted by molar-refractivity contribution is 5.32. The highest BCUT2D eigenvalue weighted by Gasteiger charge is 2.37. The molecule has 1 aliphatic heterocycles. The van der Waals surface area contributed by atoms with Gasteiger partial charge in [0.15, 0.2) is 0 Å². The van der Waals surface area contributed by atoms with Gasteiger partial charge in [-0.15, -0.1) is 0 Å². The van der Waals surface area contributed by atoms with E-state index < -0.39 is 23.1 Å². The van der Waals surface area contributed by atoms with Gasteiger partial charge in [0.05, 0.1) is 5.56 Å². The van der Waals surface area contributed by atoms with Crippen molar-refractivity contribution in [1.29, 1.82) is 0 Å². The second-order valence-electron chi connectivity index (χ2n) is 5.37. The Bertz CT molecular complexity index is 459. The summed E-state index contributed by atoms with van der Waals surface area (Å²) < 4.78 is 51.9. The van der Waals surface area contributed by atoms with Gasteiger partial charge in [0.1, 0.15) is 5.82 Å². The average molecular weight is 289 g/mol. The maximum absolute atomic E-state index is 13.4. The van der Waals surface area contributed by atoms with Gasteiger partial charge < -0.3 is 5.32 Å². The summed E-state index contributed by atoms with van der Waals surface area (Å²) in [7, 11) is 0. The van der Waals surface area contributed by atoms with Gasteiger partial charge in [0, 0.05) is 5.54 Å². The third-order valence-corrected chi connectivity index (χ3v) is 4.17. The second-order valence-corrected chi connectivity index (χ2v) is 5.37. The van der Waals surface area contributed by atoms with Crippen LogP contribution in [0.4, 0.5) is 17.6 Å². The van der Waals surface area contributed by atoms with Gasteiger partial charge in [-0.2, -0.15) is 13.2 Å². The first-order valence-electron chi connectivity index (χ1n) is 7.01. The van der Waals surface area contributed by atoms with Crippen molar-refractivity contribution in [3.63, 3.8) is 0 Å². The van der Waals surface area contributed by atoms with Crippen LogP contribution in [-0.4, -0.2) is 6.54 Å². The molecular weight excluding hydrogens is 270 g/mol. The van der Waals surface area contributed by atoms with E-state index in [9.17, 15) is 17.6 Å². The van der Waals surface area contributed by atoms with E-state index >= 15 is 0 Å². The van der Waals surface area contributed by atoms with Crippen LogP contribution in [0.2, 0.25) is 0 Å². The van der Waals surface area contributed by atoms with Crippen molar-refractivity contribution in [2.75, 3.05) is 6.54 Å². The first kappa shape index (κ1) is 15.3. The van der Waals surface area contributed by atoms with Crippen molar-refractivity contribution in [2.24, 2.45) is 0 Å². The quantitative estimate of drug-likeness (QED) is 0.784. The predicted octanol–water partition coefficient (Wildman–Crippen LogP) is 4.61. The summed E-state index contributed by atoms with van der Waals surface area (Å²) in [5.74, 6) is -1.21. The molecule has 0 aliphatic carbocycles. The number of hydrogen-bond donors (Lipinski definition) is 1. The van der Waals surface area contributed by atoms with Gasteiger partial charge >= 0.3 is 6.18 Å². The summed E-state index contributed by atoms with van der Waals surface area (Å²) in [6.07, 6.45) is -0.112. The lowest BCUT2D eigenvalue weighted by Crippen LogP contribution is -2.41. The van der Waals surface area contributed by atoms with Crippen molar-refractivity contribution in [3.8, 4) is 0 Å². The fourth-order valence-electron chi connectivity index (χ4n) is 2.94. The smallest absolute Gasteiger partial charge is 0.307 e. The zero-order valence-corrected chi connectivity index (χ0v) is 11.5. The van der Waals surface area contributed by atoms with Crippen LogP contribution >= 0.6 is 0 Å². The molecule has 1 fully saturated rings. The third-order valence-electron chi connectivity index (χ3n) is 4.17. The van der Waals surface area contributed by atoms with Crippen molar-refractivity contribution in [1.82, 2.24) is 5.32 Å². The monoisotopic (exact) mass is 289 g/mol. The zero-order chi connectivity index (χ0) is 14.8. The average Bonchev–Trinajstić information content (AvgIpc) is 2.64. The Hall–Kier alpha value is -1.10. The Morgan fingerprint density at radius 1 is 1.20 bits per heavy atom. The van der Waals surface area contributed by atoms with Crippen molar-refractivity contribution < 1.29 is 17.6 Å². The third kappa shape index (κ3) is 2.97. The molecule has 0 saturated carbocycles. The van der Waals surface area contributed by atoms with Crippen LogP contribution in [0.25, 0.3) is 0 Å². The number of benzene rings is 1. The molecule has 0 aromatic heterocycles. The number of rotatable bonds is 2. The molecule has 1 heterocycles. The lowest BCUT2D eigenvalue weighted by molar-refractivity contribution is -0.140. The normalized spacial score (nSPS) is 24.4. The van der Waals surface area contributed by atoms with E-state index in [1.54, 1.807) is 0 Å². The SMILES string of the molecule is CCC1(c2ccc(F)c(C(F)(F)F)c2)CCCCCN1. The van der Waals surface area contributed by atoms with Crippen LogP contribution in [0.1, 0.15) is 50.2 Å². The van der Waals surface area contributed by atoms with Gasteiger partial charge in [-0.3, -0.25) is 0 Å². The summed E-state index contributed by atoms with van der Waals surface area (Å²) in [5.41, 5.74) is -1.10. The molecule has 1 atom stereocenters. The van der Waals surface area contributed by atoms with Crippen LogP contribution in [-0.2, 0) is 11.7 Å². The minimum atomic E-state index is -4.65. The van der Waals surface area contributed by atoms with Gasteiger partial charge in [-0.25, -0.2) is 4.39 Å². The van der Waals surface area contributed by atoms with E-state index in [0.29, 0.717) is 12.0 Å². The molecule has 1 saturated heterocycles. The molecule has 1 aromatic rings. The van der Waals surface area contributed by atoms with E-state index in [1.807, 2.05) is 6.92 Å². The van der Waals surface area contributed by atoms with Gasteiger partial charge in [0.25, 0.3) is 0 Å². The lowest BCUT2D eigenvalue weighted by Gasteiger charge is -2.34. The Morgan fingerprint density at radius 3 is 2.60 bits per heavy atom. The summed E-state index contributed by atoms with van der Waals surface area (Å²) >= 11 is 0. The summed E-state index contributed by atoms with van der Waals surface area (Å²) in [5, 5.41) is 3.37. The molecule has 1 nitrogen and oxygen atoms in total. The molecular formula is C15H19F4N. The number of halogens is 4. The minimum absolute atomic E-state index is 0.468. The van der Waals surface area contributed by atoms with Crippen molar-refractivity contribution in [3.05, 3.63) is 35.1 Å². The molecule has 0 radical (unpaired) electrons. The van der Waals surface area contributed by atoms with Gasteiger partial charge in [0.2, 0.25) is 0 Å². The Balaban J connectivity index is 2.44.